The Balaban J connectivity index is 2.80. The summed E-state index contributed by atoms with van der Waals surface area (Å²) < 4.78 is 0. The predicted molar refractivity (Wildman–Crippen MR) is 58.5 cm³/mol. The quantitative estimate of drug-likeness (QED) is 0.607. The molecule has 0 saturated carbocycles. The van der Waals surface area contributed by atoms with Gasteiger partial charge in [-0.05, 0) is 18.2 Å². The minimum atomic E-state index is -0.748. The zero-order valence-electron chi connectivity index (χ0n) is 8.35. The third-order valence-electron chi connectivity index (χ3n) is 1.98. The number of hydrogen-bond acceptors (Lipinski definition) is 4. The number of aliphatic hydroxyl groups is 2. The van der Waals surface area contributed by atoms with Gasteiger partial charge in [0, 0.05) is 5.02 Å². The molecule has 0 bridgehead atoms. The van der Waals surface area contributed by atoms with Crippen LogP contribution in [-0.2, 0) is 0 Å². The molecule has 4 N–H and O–H groups in total. The molecule has 1 aromatic carbocycles. The lowest BCUT2D eigenvalue weighted by atomic mass is 10.1. The molecule has 6 heteroatoms. The predicted octanol–water partition coefficient (Wildman–Crippen LogP) is 0.129. The van der Waals surface area contributed by atoms with Crippen molar-refractivity contribution in [2.24, 2.45) is 0 Å². The van der Waals surface area contributed by atoms with Crippen LogP contribution in [0.15, 0.2) is 18.2 Å². The summed E-state index contributed by atoms with van der Waals surface area (Å²) >= 11 is 5.61. The first-order valence-corrected chi connectivity index (χ1v) is 4.97. The van der Waals surface area contributed by atoms with Gasteiger partial charge in [-0.25, -0.2) is 0 Å². The van der Waals surface area contributed by atoms with E-state index >= 15 is 0 Å². The van der Waals surface area contributed by atoms with Crippen molar-refractivity contribution in [1.29, 1.82) is 0 Å². The zero-order chi connectivity index (χ0) is 12.1. The van der Waals surface area contributed by atoms with E-state index in [9.17, 15) is 9.90 Å². The zero-order valence-corrected chi connectivity index (χ0v) is 9.11. The van der Waals surface area contributed by atoms with Crippen molar-refractivity contribution in [2.45, 2.75) is 6.04 Å². The van der Waals surface area contributed by atoms with Crippen molar-refractivity contribution in [3.8, 4) is 5.75 Å². The van der Waals surface area contributed by atoms with E-state index in [2.05, 4.69) is 5.32 Å². The lowest BCUT2D eigenvalue weighted by Gasteiger charge is -2.13. The van der Waals surface area contributed by atoms with E-state index in [4.69, 9.17) is 21.8 Å². The smallest absolute Gasteiger partial charge is 0.255 e. The van der Waals surface area contributed by atoms with Crippen LogP contribution in [0.5, 0.6) is 5.75 Å². The van der Waals surface area contributed by atoms with Gasteiger partial charge in [-0.2, -0.15) is 0 Å². The Kier molecular flexibility index (Phi) is 4.54. The van der Waals surface area contributed by atoms with Gasteiger partial charge in [-0.1, -0.05) is 11.6 Å². The van der Waals surface area contributed by atoms with Gasteiger partial charge in [0.1, 0.15) is 5.75 Å². The molecular weight excluding hydrogens is 234 g/mol. The van der Waals surface area contributed by atoms with Crippen molar-refractivity contribution in [3.05, 3.63) is 28.8 Å². The highest BCUT2D eigenvalue weighted by atomic mass is 35.5. The lowest BCUT2D eigenvalue weighted by molar-refractivity contribution is 0.0876. The fraction of sp³-hybridized carbons (Fsp3) is 0.300. The first-order chi connectivity index (χ1) is 7.58. The van der Waals surface area contributed by atoms with E-state index in [1.165, 1.54) is 18.2 Å². The minimum absolute atomic E-state index is 0.0382. The van der Waals surface area contributed by atoms with E-state index < -0.39 is 11.9 Å². The van der Waals surface area contributed by atoms with E-state index in [1.54, 1.807) is 0 Å². The molecule has 0 aromatic heterocycles. The molecule has 0 aliphatic heterocycles. The molecule has 88 valence electrons. The number of carbonyl (C=O) groups excluding carboxylic acids is 1. The number of rotatable bonds is 4. The van der Waals surface area contributed by atoms with Gasteiger partial charge < -0.3 is 20.6 Å². The number of aromatic hydroxyl groups is 1. The second-order valence-electron chi connectivity index (χ2n) is 3.20. The topological polar surface area (TPSA) is 89.8 Å². The second kappa shape index (κ2) is 5.69. The fourth-order valence-electron chi connectivity index (χ4n) is 1.11. The molecule has 0 spiro atoms. The second-order valence-corrected chi connectivity index (χ2v) is 3.63. The number of benzene rings is 1. The summed E-state index contributed by atoms with van der Waals surface area (Å²) in [5, 5.41) is 29.7. The Labute approximate surface area is 97.3 Å². The number of phenols is 1. The molecule has 0 aliphatic rings. The molecule has 5 nitrogen and oxygen atoms in total. The third kappa shape index (κ3) is 3.10. The normalized spacial score (nSPS) is 10.5. The first kappa shape index (κ1) is 12.8. The Morgan fingerprint density at radius 1 is 1.38 bits per heavy atom. The molecule has 0 fully saturated rings. The van der Waals surface area contributed by atoms with Gasteiger partial charge in [0.25, 0.3) is 5.91 Å². The summed E-state index contributed by atoms with van der Waals surface area (Å²) in [5.41, 5.74) is 0.0382. The number of phenolic OH excluding ortho intramolecular Hbond substituents is 1. The number of amides is 1. The number of nitrogens with one attached hydrogen (secondary N) is 1. The Bertz CT molecular complexity index is 379. The van der Waals surface area contributed by atoms with Gasteiger partial charge in [0.2, 0.25) is 0 Å². The third-order valence-corrected chi connectivity index (χ3v) is 2.22. The molecule has 1 rings (SSSR count). The van der Waals surface area contributed by atoms with Crippen molar-refractivity contribution in [1.82, 2.24) is 5.32 Å². The van der Waals surface area contributed by atoms with Crippen LogP contribution in [0.25, 0.3) is 0 Å². The van der Waals surface area contributed by atoms with Gasteiger partial charge in [0.15, 0.2) is 0 Å². The summed E-state index contributed by atoms with van der Waals surface area (Å²) in [5.74, 6) is -0.832. The maximum atomic E-state index is 11.6. The summed E-state index contributed by atoms with van der Waals surface area (Å²) in [6, 6.07) is 3.31. The molecule has 0 atom stereocenters. The van der Waals surface area contributed by atoms with Gasteiger partial charge in [-0.15, -0.1) is 0 Å². The minimum Gasteiger partial charge on any atom is -0.507 e. The average molecular weight is 246 g/mol. The van der Waals surface area contributed by atoms with Crippen molar-refractivity contribution in [2.75, 3.05) is 13.2 Å². The molecule has 0 radical (unpaired) electrons. The van der Waals surface area contributed by atoms with E-state index in [-0.39, 0.29) is 24.5 Å². The summed E-state index contributed by atoms with van der Waals surface area (Å²) in [7, 11) is 0. The van der Waals surface area contributed by atoms with Crippen LogP contribution in [0.1, 0.15) is 10.4 Å². The summed E-state index contributed by atoms with van der Waals surface area (Å²) in [6.45, 7) is -0.757. The highest BCUT2D eigenvalue weighted by Crippen LogP contribution is 2.21. The van der Waals surface area contributed by atoms with Crippen LogP contribution in [0.2, 0.25) is 5.02 Å². The standard InChI is InChI=1S/C10H12ClNO4/c11-6-1-2-8(9(15)3-6)10(16)12-7(4-13)5-14/h1-3,7,13-15H,4-5H2,(H,12,16). The first-order valence-electron chi connectivity index (χ1n) is 4.59. The van der Waals surface area contributed by atoms with Gasteiger partial charge >= 0.3 is 0 Å². The number of carbonyl (C=O) groups is 1. The van der Waals surface area contributed by atoms with Crippen molar-refractivity contribution in [3.63, 3.8) is 0 Å². The number of halogens is 1. The van der Waals surface area contributed by atoms with Crippen LogP contribution in [-0.4, -0.2) is 40.5 Å². The molecule has 16 heavy (non-hydrogen) atoms. The van der Waals surface area contributed by atoms with Crippen LogP contribution in [0, 0.1) is 0 Å². The molecule has 0 saturated heterocycles. The largest absolute Gasteiger partial charge is 0.507 e. The summed E-state index contributed by atoms with van der Waals surface area (Å²) in [6.07, 6.45) is 0. The SMILES string of the molecule is O=C(NC(CO)CO)c1ccc(Cl)cc1O. The van der Waals surface area contributed by atoms with Crippen molar-refractivity contribution < 1.29 is 20.1 Å². The molecule has 0 aliphatic carbocycles. The molecule has 1 aromatic rings. The molecule has 0 unspecified atom stereocenters. The molecule has 1 amide bonds. The fourth-order valence-corrected chi connectivity index (χ4v) is 1.28. The van der Waals surface area contributed by atoms with Crippen LogP contribution < -0.4 is 5.32 Å². The summed E-state index contributed by atoms with van der Waals surface area (Å²) in [4.78, 5) is 11.6. The van der Waals surface area contributed by atoms with Crippen LogP contribution in [0.4, 0.5) is 0 Å². The highest BCUT2D eigenvalue weighted by molar-refractivity contribution is 6.30. The lowest BCUT2D eigenvalue weighted by Crippen LogP contribution is -2.40. The maximum absolute atomic E-state index is 11.6. The number of hydrogen-bond donors (Lipinski definition) is 4. The Morgan fingerprint density at radius 2 is 2.00 bits per heavy atom. The molecule has 0 heterocycles. The highest BCUT2D eigenvalue weighted by Gasteiger charge is 2.15. The average Bonchev–Trinajstić information content (AvgIpc) is 2.25. The van der Waals surface area contributed by atoms with E-state index in [1.807, 2.05) is 0 Å². The monoisotopic (exact) mass is 245 g/mol. The molecular formula is C10H12ClNO4. The van der Waals surface area contributed by atoms with Crippen LogP contribution >= 0.6 is 11.6 Å². The number of aliphatic hydroxyl groups excluding tert-OH is 2. The van der Waals surface area contributed by atoms with E-state index in [0.717, 1.165) is 0 Å². The van der Waals surface area contributed by atoms with Gasteiger partial charge in [-0.3, -0.25) is 4.79 Å². The van der Waals surface area contributed by atoms with Crippen LogP contribution in [0.3, 0.4) is 0 Å². The maximum Gasteiger partial charge on any atom is 0.255 e. The van der Waals surface area contributed by atoms with Gasteiger partial charge in [0.05, 0.1) is 24.8 Å². The van der Waals surface area contributed by atoms with Crippen molar-refractivity contribution >= 4 is 17.5 Å². The Morgan fingerprint density at radius 3 is 2.50 bits per heavy atom. The van der Waals surface area contributed by atoms with E-state index in [0.29, 0.717) is 5.02 Å². The Hall–Kier alpha value is -1.30.